The zero-order valence-electron chi connectivity index (χ0n) is 11.6. The number of halogens is 3. The summed E-state index contributed by atoms with van der Waals surface area (Å²) in [4.78, 5) is 0. The fourth-order valence-corrected chi connectivity index (χ4v) is 3.15. The highest BCUT2D eigenvalue weighted by Gasteiger charge is 2.29. The van der Waals surface area contributed by atoms with Crippen molar-refractivity contribution in [3.8, 4) is 0 Å². The van der Waals surface area contributed by atoms with Crippen LogP contribution in [0, 0.1) is 0 Å². The van der Waals surface area contributed by atoms with Crippen molar-refractivity contribution < 1.29 is 0 Å². The van der Waals surface area contributed by atoms with Crippen LogP contribution in [0.15, 0.2) is 47.6 Å². The van der Waals surface area contributed by atoms with Crippen molar-refractivity contribution >= 4 is 46.2 Å². The average Bonchev–Trinajstić information content (AvgIpc) is 2.92. The van der Waals surface area contributed by atoms with Crippen molar-refractivity contribution in [2.75, 3.05) is 11.6 Å². The third-order valence-electron chi connectivity index (χ3n) is 3.62. The molecule has 0 aromatic heterocycles. The van der Waals surface area contributed by atoms with Gasteiger partial charge in [-0.2, -0.15) is 5.10 Å². The van der Waals surface area contributed by atoms with Gasteiger partial charge in [-0.05, 0) is 35.9 Å². The second-order valence-electron chi connectivity index (χ2n) is 5.08. The van der Waals surface area contributed by atoms with Crippen LogP contribution in [0.3, 0.4) is 0 Å². The predicted molar refractivity (Wildman–Crippen MR) is 94.2 cm³/mol. The zero-order chi connectivity index (χ0) is 15.7. The van der Waals surface area contributed by atoms with Crippen LogP contribution in [0.1, 0.15) is 18.0 Å². The molecule has 1 aliphatic rings. The molecule has 2 N–H and O–H groups in total. The molecule has 22 heavy (non-hydrogen) atoms. The summed E-state index contributed by atoms with van der Waals surface area (Å²) in [5.41, 5.74) is 8.63. The van der Waals surface area contributed by atoms with Crippen LogP contribution < -0.4 is 10.7 Å². The van der Waals surface area contributed by atoms with Crippen LogP contribution in [-0.4, -0.2) is 12.3 Å². The maximum atomic E-state index is 6.33. The fraction of sp³-hybridized carbons (Fsp3) is 0.188. The van der Waals surface area contributed by atoms with E-state index in [1.54, 1.807) is 12.1 Å². The molecule has 0 radical (unpaired) electrons. The first kappa shape index (κ1) is 15.6. The summed E-state index contributed by atoms with van der Waals surface area (Å²) in [6.45, 7) is 0.422. The predicted octanol–water partition coefficient (Wildman–Crippen LogP) is 4.91. The monoisotopic (exact) mass is 353 g/mol. The smallest absolute Gasteiger partial charge is 0.0829 e. The van der Waals surface area contributed by atoms with Crippen LogP contribution in [0.2, 0.25) is 15.1 Å². The van der Waals surface area contributed by atoms with Crippen LogP contribution >= 0.6 is 34.8 Å². The third kappa shape index (κ3) is 3.08. The number of nitrogens with two attached hydrogens (primary N) is 1. The van der Waals surface area contributed by atoms with Gasteiger partial charge in [0.15, 0.2) is 0 Å². The van der Waals surface area contributed by atoms with E-state index in [9.17, 15) is 0 Å². The molecule has 2 aromatic carbocycles. The maximum Gasteiger partial charge on any atom is 0.0829 e. The molecule has 1 heterocycles. The van der Waals surface area contributed by atoms with Gasteiger partial charge in [0, 0.05) is 23.0 Å². The van der Waals surface area contributed by atoms with Crippen molar-refractivity contribution in [1.29, 1.82) is 0 Å². The standard InChI is InChI=1S/C16H14Cl3N3/c17-11-3-1-10(2-4-11)16-8-13(9-20)21-22(16)15-6-5-12(18)7-14(15)19/h1-7,16H,8-9,20H2/t16-/m1/s1. The van der Waals surface area contributed by atoms with Crippen molar-refractivity contribution in [1.82, 2.24) is 0 Å². The van der Waals surface area contributed by atoms with Crippen LogP contribution in [0.4, 0.5) is 5.69 Å². The molecule has 0 bridgehead atoms. The molecule has 6 heteroatoms. The number of benzene rings is 2. The molecule has 0 aliphatic carbocycles. The highest BCUT2D eigenvalue weighted by Crippen LogP contribution is 2.39. The molecule has 3 rings (SSSR count). The normalized spacial score (nSPS) is 17.7. The van der Waals surface area contributed by atoms with E-state index in [0.29, 0.717) is 21.6 Å². The topological polar surface area (TPSA) is 41.6 Å². The van der Waals surface area contributed by atoms with Gasteiger partial charge in [0.25, 0.3) is 0 Å². The summed E-state index contributed by atoms with van der Waals surface area (Å²) in [5.74, 6) is 0. The highest BCUT2D eigenvalue weighted by molar-refractivity contribution is 6.36. The summed E-state index contributed by atoms with van der Waals surface area (Å²) in [5, 5.41) is 8.38. The quantitative estimate of drug-likeness (QED) is 0.850. The number of anilines is 1. The van der Waals surface area contributed by atoms with E-state index in [1.165, 1.54) is 0 Å². The van der Waals surface area contributed by atoms with Gasteiger partial charge in [-0.15, -0.1) is 0 Å². The van der Waals surface area contributed by atoms with Crippen molar-refractivity contribution in [2.45, 2.75) is 12.5 Å². The molecule has 0 amide bonds. The fourth-order valence-electron chi connectivity index (χ4n) is 2.53. The minimum absolute atomic E-state index is 0.0505. The van der Waals surface area contributed by atoms with E-state index >= 15 is 0 Å². The molecule has 1 atom stereocenters. The third-order valence-corrected chi connectivity index (χ3v) is 4.41. The Labute approximate surface area is 144 Å². The Morgan fingerprint density at radius 1 is 1.05 bits per heavy atom. The van der Waals surface area contributed by atoms with E-state index in [0.717, 1.165) is 23.4 Å². The van der Waals surface area contributed by atoms with Gasteiger partial charge in [-0.1, -0.05) is 46.9 Å². The van der Waals surface area contributed by atoms with Crippen LogP contribution in [-0.2, 0) is 0 Å². The lowest BCUT2D eigenvalue weighted by Gasteiger charge is -2.25. The summed E-state index contributed by atoms with van der Waals surface area (Å²) < 4.78 is 0. The Morgan fingerprint density at radius 2 is 1.73 bits per heavy atom. The number of hydrogen-bond acceptors (Lipinski definition) is 3. The van der Waals surface area contributed by atoms with Gasteiger partial charge >= 0.3 is 0 Å². The Morgan fingerprint density at radius 3 is 2.36 bits per heavy atom. The number of hydrazone groups is 1. The second kappa shape index (κ2) is 6.47. The van der Waals surface area contributed by atoms with Crippen molar-refractivity contribution in [3.05, 3.63) is 63.1 Å². The number of nitrogens with zero attached hydrogens (tertiary/aromatic N) is 2. The van der Waals surface area contributed by atoms with Gasteiger partial charge in [0.1, 0.15) is 0 Å². The Balaban J connectivity index is 2.01. The number of rotatable bonds is 3. The molecule has 0 unspecified atom stereocenters. The first-order chi connectivity index (χ1) is 10.6. The van der Waals surface area contributed by atoms with E-state index in [2.05, 4.69) is 5.10 Å². The molecule has 1 aliphatic heterocycles. The minimum Gasteiger partial charge on any atom is -0.325 e. The van der Waals surface area contributed by atoms with Crippen LogP contribution in [0.5, 0.6) is 0 Å². The molecular formula is C16H14Cl3N3. The summed E-state index contributed by atoms with van der Waals surface area (Å²) in [6, 6.07) is 13.2. The summed E-state index contributed by atoms with van der Waals surface area (Å²) in [6.07, 6.45) is 0.761. The van der Waals surface area contributed by atoms with Crippen molar-refractivity contribution in [2.24, 2.45) is 10.8 Å². The van der Waals surface area contributed by atoms with E-state index in [1.807, 2.05) is 35.3 Å². The lowest BCUT2D eigenvalue weighted by molar-refractivity contribution is 0.708. The molecule has 0 fully saturated rings. The largest absolute Gasteiger partial charge is 0.325 e. The van der Waals surface area contributed by atoms with Gasteiger partial charge < -0.3 is 5.73 Å². The average molecular weight is 355 g/mol. The first-order valence-corrected chi connectivity index (χ1v) is 7.98. The molecule has 2 aromatic rings. The molecular weight excluding hydrogens is 341 g/mol. The molecule has 0 saturated heterocycles. The van der Waals surface area contributed by atoms with E-state index < -0.39 is 0 Å². The van der Waals surface area contributed by atoms with E-state index in [4.69, 9.17) is 40.5 Å². The SMILES string of the molecule is NCC1=NN(c2ccc(Cl)cc2Cl)[C@@H](c2ccc(Cl)cc2)C1. The van der Waals surface area contributed by atoms with Gasteiger partial charge in [-0.25, -0.2) is 0 Å². The number of hydrogen-bond donors (Lipinski definition) is 1. The van der Waals surface area contributed by atoms with Gasteiger partial charge in [0.05, 0.1) is 22.5 Å². The Bertz CT molecular complexity index is 713. The summed E-state index contributed by atoms with van der Waals surface area (Å²) >= 11 is 18.3. The molecule has 114 valence electrons. The lowest BCUT2D eigenvalue weighted by Crippen LogP contribution is -2.19. The van der Waals surface area contributed by atoms with Gasteiger partial charge in [-0.3, -0.25) is 5.01 Å². The van der Waals surface area contributed by atoms with Crippen molar-refractivity contribution in [3.63, 3.8) is 0 Å². The van der Waals surface area contributed by atoms with Gasteiger partial charge in [0.2, 0.25) is 0 Å². The summed E-state index contributed by atoms with van der Waals surface area (Å²) in [7, 11) is 0. The van der Waals surface area contributed by atoms with Crippen LogP contribution in [0.25, 0.3) is 0 Å². The second-order valence-corrected chi connectivity index (χ2v) is 6.36. The Kier molecular flexibility index (Phi) is 4.59. The lowest BCUT2D eigenvalue weighted by atomic mass is 10.0. The van der Waals surface area contributed by atoms with E-state index in [-0.39, 0.29) is 6.04 Å². The molecule has 0 saturated carbocycles. The minimum atomic E-state index is 0.0505. The Hall–Kier alpha value is -1.26. The molecule has 0 spiro atoms. The first-order valence-electron chi connectivity index (χ1n) is 6.84. The highest BCUT2D eigenvalue weighted by atomic mass is 35.5. The molecule has 3 nitrogen and oxygen atoms in total. The maximum absolute atomic E-state index is 6.33. The zero-order valence-corrected chi connectivity index (χ0v) is 13.9.